The molecule has 16 heavy (non-hydrogen) atoms. The highest BCUT2D eigenvalue weighted by Crippen LogP contribution is 2.16. The van der Waals surface area contributed by atoms with Crippen molar-refractivity contribution in [1.82, 2.24) is 5.32 Å². The van der Waals surface area contributed by atoms with Gasteiger partial charge in [-0.1, -0.05) is 26.8 Å². The Morgan fingerprint density at radius 2 is 1.75 bits per heavy atom. The van der Waals surface area contributed by atoms with Crippen molar-refractivity contribution in [2.24, 2.45) is 0 Å². The van der Waals surface area contributed by atoms with Gasteiger partial charge in [-0.25, -0.2) is 4.79 Å². The second-order valence-electron chi connectivity index (χ2n) is 3.84. The number of carboxylic acids is 1. The van der Waals surface area contributed by atoms with Gasteiger partial charge in [0.2, 0.25) is 5.91 Å². The molecule has 0 aliphatic carbocycles. The van der Waals surface area contributed by atoms with Crippen LogP contribution in [0.25, 0.3) is 0 Å². The Morgan fingerprint density at radius 3 is 2.06 bits per heavy atom. The average molecular weight is 227 g/mol. The molecule has 0 bridgehead atoms. The molecule has 0 aromatic carbocycles. The molecule has 0 radical (unpaired) electrons. The molecule has 4 heteroatoms. The Balaban J connectivity index is 4.84. The smallest absolute Gasteiger partial charge is 0.329 e. The monoisotopic (exact) mass is 227 g/mol. The van der Waals surface area contributed by atoms with Crippen molar-refractivity contribution in [2.75, 3.05) is 0 Å². The van der Waals surface area contributed by atoms with Crippen LogP contribution >= 0.6 is 0 Å². The van der Waals surface area contributed by atoms with E-state index in [1.54, 1.807) is 26.8 Å². The highest BCUT2D eigenvalue weighted by atomic mass is 16.4. The lowest BCUT2D eigenvalue weighted by molar-refractivity contribution is -0.147. The first-order valence-corrected chi connectivity index (χ1v) is 5.66. The van der Waals surface area contributed by atoms with Crippen LogP contribution in [-0.4, -0.2) is 22.5 Å². The van der Waals surface area contributed by atoms with Crippen molar-refractivity contribution in [1.29, 1.82) is 0 Å². The minimum atomic E-state index is -1.14. The molecule has 0 unspecified atom stereocenters. The van der Waals surface area contributed by atoms with Crippen molar-refractivity contribution < 1.29 is 14.7 Å². The molecule has 0 saturated heterocycles. The lowest BCUT2D eigenvalue weighted by Crippen LogP contribution is -2.53. The molecule has 0 rings (SSSR count). The third-order valence-corrected chi connectivity index (χ3v) is 2.84. The molecule has 0 aliphatic rings. The summed E-state index contributed by atoms with van der Waals surface area (Å²) in [7, 11) is 0. The number of amides is 1. The van der Waals surface area contributed by atoms with Gasteiger partial charge in [-0.15, -0.1) is 0 Å². The van der Waals surface area contributed by atoms with E-state index >= 15 is 0 Å². The first-order valence-electron chi connectivity index (χ1n) is 5.66. The zero-order valence-corrected chi connectivity index (χ0v) is 10.5. The molecule has 0 fully saturated rings. The summed E-state index contributed by atoms with van der Waals surface area (Å²) in [6.45, 7) is 7.14. The Morgan fingerprint density at radius 1 is 1.25 bits per heavy atom. The molecule has 0 aromatic heterocycles. The molecule has 92 valence electrons. The summed E-state index contributed by atoms with van der Waals surface area (Å²) in [6, 6.07) is 0. The molecular formula is C12H21NO3. The molecule has 0 saturated carbocycles. The largest absolute Gasteiger partial charge is 0.480 e. The van der Waals surface area contributed by atoms with Crippen LogP contribution in [0.15, 0.2) is 11.6 Å². The van der Waals surface area contributed by atoms with Crippen molar-refractivity contribution in [3.05, 3.63) is 11.6 Å². The minimum Gasteiger partial charge on any atom is -0.480 e. The summed E-state index contributed by atoms with van der Waals surface area (Å²) >= 11 is 0. The molecule has 1 amide bonds. The van der Waals surface area contributed by atoms with Crippen molar-refractivity contribution in [3.63, 3.8) is 0 Å². The van der Waals surface area contributed by atoms with Gasteiger partial charge in [0.25, 0.3) is 0 Å². The Hall–Kier alpha value is -1.32. The number of hydrogen-bond acceptors (Lipinski definition) is 2. The first kappa shape index (κ1) is 14.7. The van der Waals surface area contributed by atoms with Crippen LogP contribution in [-0.2, 0) is 9.59 Å². The summed E-state index contributed by atoms with van der Waals surface area (Å²) in [5.41, 5.74) is -0.574. The predicted molar refractivity (Wildman–Crippen MR) is 63.1 cm³/mol. The Kier molecular flexibility index (Phi) is 5.78. The number of carboxylic acid groups (broad SMARTS) is 1. The van der Waals surface area contributed by atoms with Crippen LogP contribution in [0.5, 0.6) is 0 Å². The number of carbonyl (C=O) groups excluding carboxylic acids is 1. The van der Waals surface area contributed by atoms with E-state index in [0.29, 0.717) is 18.4 Å². The topological polar surface area (TPSA) is 66.4 Å². The summed E-state index contributed by atoms with van der Waals surface area (Å²) in [4.78, 5) is 22.9. The SMILES string of the molecule is CCC=C(C)C(=O)NC(CC)(CC)C(=O)O. The number of carbonyl (C=O) groups is 2. The van der Waals surface area contributed by atoms with E-state index in [2.05, 4.69) is 5.32 Å². The summed E-state index contributed by atoms with van der Waals surface area (Å²) in [5, 5.41) is 11.8. The van der Waals surface area contributed by atoms with Gasteiger partial charge < -0.3 is 10.4 Å². The molecule has 2 N–H and O–H groups in total. The van der Waals surface area contributed by atoms with Crippen LogP contribution in [0.2, 0.25) is 0 Å². The number of aliphatic carboxylic acids is 1. The normalized spacial score (nSPS) is 12.4. The van der Waals surface area contributed by atoms with E-state index in [4.69, 9.17) is 5.11 Å². The molecule has 0 aliphatic heterocycles. The number of allylic oxidation sites excluding steroid dienone is 1. The summed E-state index contributed by atoms with van der Waals surface area (Å²) in [6.07, 6.45) is 3.30. The second-order valence-corrected chi connectivity index (χ2v) is 3.84. The maximum Gasteiger partial charge on any atom is 0.329 e. The highest BCUT2D eigenvalue weighted by Gasteiger charge is 2.36. The standard InChI is InChI=1S/C12H21NO3/c1-5-8-9(4)10(14)13-12(6-2,7-3)11(15)16/h8H,5-7H2,1-4H3,(H,13,14)(H,15,16). The fourth-order valence-electron chi connectivity index (χ4n) is 1.50. The Labute approximate surface area is 96.7 Å². The fraction of sp³-hybridized carbons (Fsp3) is 0.667. The highest BCUT2D eigenvalue weighted by molar-refractivity contribution is 5.96. The fourth-order valence-corrected chi connectivity index (χ4v) is 1.50. The summed E-state index contributed by atoms with van der Waals surface area (Å²) in [5.74, 6) is -1.27. The van der Waals surface area contributed by atoms with Crippen LogP contribution in [0.3, 0.4) is 0 Å². The third kappa shape index (κ3) is 3.36. The van der Waals surface area contributed by atoms with Crippen LogP contribution < -0.4 is 5.32 Å². The second kappa shape index (κ2) is 6.30. The maximum atomic E-state index is 11.7. The van der Waals surface area contributed by atoms with Gasteiger partial charge in [0.05, 0.1) is 0 Å². The number of rotatable bonds is 6. The molecule has 0 spiro atoms. The third-order valence-electron chi connectivity index (χ3n) is 2.84. The molecule has 4 nitrogen and oxygen atoms in total. The van der Waals surface area contributed by atoms with Crippen molar-refractivity contribution >= 4 is 11.9 Å². The van der Waals surface area contributed by atoms with Gasteiger partial charge in [0.1, 0.15) is 5.54 Å². The first-order chi connectivity index (χ1) is 7.43. The van der Waals surface area contributed by atoms with Crippen LogP contribution in [0.1, 0.15) is 47.0 Å². The number of hydrogen-bond donors (Lipinski definition) is 2. The minimum absolute atomic E-state index is 0.298. The van der Waals surface area contributed by atoms with Gasteiger partial charge in [-0.05, 0) is 26.2 Å². The summed E-state index contributed by atoms with van der Waals surface area (Å²) < 4.78 is 0. The molecule has 0 atom stereocenters. The van der Waals surface area contributed by atoms with Crippen molar-refractivity contribution in [2.45, 2.75) is 52.5 Å². The predicted octanol–water partition coefficient (Wildman–Crippen LogP) is 2.10. The zero-order valence-electron chi connectivity index (χ0n) is 10.5. The van der Waals surface area contributed by atoms with Crippen molar-refractivity contribution in [3.8, 4) is 0 Å². The van der Waals surface area contributed by atoms with E-state index in [9.17, 15) is 9.59 Å². The number of nitrogens with one attached hydrogen (secondary N) is 1. The molecule has 0 heterocycles. The van der Waals surface area contributed by atoms with E-state index in [1.807, 2.05) is 6.92 Å². The van der Waals surface area contributed by atoms with E-state index in [-0.39, 0.29) is 5.91 Å². The zero-order chi connectivity index (χ0) is 12.8. The lowest BCUT2D eigenvalue weighted by atomic mass is 9.92. The van der Waals surface area contributed by atoms with Crippen LogP contribution in [0.4, 0.5) is 0 Å². The van der Waals surface area contributed by atoms with E-state index < -0.39 is 11.5 Å². The quantitative estimate of drug-likeness (QED) is 0.683. The molecule has 0 aromatic rings. The van der Waals surface area contributed by atoms with Crippen LogP contribution in [0, 0.1) is 0 Å². The van der Waals surface area contributed by atoms with Gasteiger partial charge in [0.15, 0.2) is 0 Å². The van der Waals surface area contributed by atoms with E-state index in [1.165, 1.54) is 0 Å². The van der Waals surface area contributed by atoms with Gasteiger partial charge in [-0.3, -0.25) is 4.79 Å². The van der Waals surface area contributed by atoms with E-state index in [0.717, 1.165) is 6.42 Å². The average Bonchev–Trinajstić information content (AvgIpc) is 2.25. The molecular weight excluding hydrogens is 206 g/mol. The maximum absolute atomic E-state index is 11.7. The van der Waals surface area contributed by atoms with Gasteiger partial charge in [-0.2, -0.15) is 0 Å². The Bertz CT molecular complexity index is 291. The lowest BCUT2D eigenvalue weighted by Gasteiger charge is -2.28. The van der Waals surface area contributed by atoms with Gasteiger partial charge in [0, 0.05) is 5.57 Å². The van der Waals surface area contributed by atoms with Gasteiger partial charge >= 0.3 is 5.97 Å².